The number of aromatic nitrogens is 2. The number of aryl methyl sites for hydroxylation is 1. The van der Waals surface area contributed by atoms with Crippen LogP contribution in [-0.4, -0.2) is 16.2 Å². The molecule has 1 aliphatic rings. The van der Waals surface area contributed by atoms with Crippen LogP contribution in [0.3, 0.4) is 0 Å². The van der Waals surface area contributed by atoms with Gasteiger partial charge in [0.05, 0.1) is 17.3 Å². The summed E-state index contributed by atoms with van der Waals surface area (Å²) >= 11 is 0. The highest BCUT2D eigenvalue weighted by Gasteiger charge is 2.36. The molecule has 0 spiro atoms. The highest BCUT2D eigenvalue weighted by molar-refractivity contribution is 6.01. The zero-order valence-corrected chi connectivity index (χ0v) is 18.4. The first-order valence-corrected chi connectivity index (χ1v) is 10.6. The summed E-state index contributed by atoms with van der Waals surface area (Å²) in [6, 6.07) is 18.1. The molecule has 0 bridgehead atoms. The van der Waals surface area contributed by atoms with Crippen LogP contribution in [0.4, 0.5) is 19.3 Å². The number of hydrogen-bond donors (Lipinski definition) is 1. The van der Waals surface area contributed by atoms with Gasteiger partial charge in [-0.2, -0.15) is 4.98 Å². The van der Waals surface area contributed by atoms with Crippen LogP contribution in [0, 0.1) is 18.6 Å². The van der Waals surface area contributed by atoms with Gasteiger partial charge in [0, 0.05) is 11.3 Å². The van der Waals surface area contributed by atoms with Crippen molar-refractivity contribution >= 4 is 17.3 Å². The second-order valence-corrected chi connectivity index (χ2v) is 8.04. The Morgan fingerprint density at radius 2 is 1.65 bits per heavy atom. The average molecular weight is 458 g/mol. The summed E-state index contributed by atoms with van der Waals surface area (Å²) in [7, 11) is 0. The van der Waals surface area contributed by atoms with E-state index < -0.39 is 23.7 Å². The lowest BCUT2D eigenvalue weighted by Gasteiger charge is -2.35. The standard InChI is InChI=1S/C26H20F2N4O2/c1-15-9-11-17(12-10-15)24-30-25(34-31-24)22-16(2)32(21-8-4-7-20(28)14-21)26(33)29-23(22)18-5-3-6-19(27)13-18/h3-14,23H,1-2H3,(H,29,33). The van der Waals surface area contributed by atoms with Gasteiger partial charge in [-0.15, -0.1) is 0 Å². The maximum absolute atomic E-state index is 14.1. The highest BCUT2D eigenvalue weighted by Crippen LogP contribution is 2.39. The molecule has 8 heteroatoms. The Labute approximate surface area is 194 Å². The fourth-order valence-electron chi connectivity index (χ4n) is 4.04. The number of carbonyl (C=O) groups is 1. The Morgan fingerprint density at radius 3 is 2.35 bits per heavy atom. The Hall–Kier alpha value is -4.33. The first kappa shape index (κ1) is 21.5. The molecule has 1 aromatic heterocycles. The molecule has 2 amide bonds. The molecule has 0 saturated heterocycles. The van der Waals surface area contributed by atoms with Crippen molar-refractivity contribution in [3.05, 3.63) is 107 Å². The number of nitrogens with one attached hydrogen (secondary N) is 1. The van der Waals surface area contributed by atoms with E-state index in [1.807, 2.05) is 31.2 Å². The predicted octanol–water partition coefficient (Wildman–Crippen LogP) is 6.03. The Bertz CT molecular complexity index is 1410. The van der Waals surface area contributed by atoms with Crippen molar-refractivity contribution in [3.63, 3.8) is 0 Å². The summed E-state index contributed by atoms with van der Waals surface area (Å²) in [5.41, 5.74) is 3.66. The maximum atomic E-state index is 14.1. The number of urea groups is 1. The van der Waals surface area contributed by atoms with E-state index >= 15 is 0 Å². The van der Waals surface area contributed by atoms with Gasteiger partial charge in [0.2, 0.25) is 5.82 Å². The number of carbonyl (C=O) groups excluding carboxylic acids is 1. The fraction of sp³-hybridized carbons (Fsp3) is 0.115. The smallest absolute Gasteiger partial charge is 0.327 e. The molecule has 0 aliphatic carbocycles. The highest BCUT2D eigenvalue weighted by atomic mass is 19.1. The van der Waals surface area contributed by atoms with Crippen LogP contribution in [0.25, 0.3) is 17.0 Å². The van der Waals surface area contributed by atoms with E-state index in [-0.39, 0.29) is 5.89 Å². The number of benzene rings is 3. The van der Waals surface area contributed by atoms with E-state index in [9.17, 15) is 13.6 Å². The number of amides is 2. The van der Waals surface area contributed by atoms with Crippen molar-refractivity contribution in [1.29, 1.82) is 0 Å². The number of hydrogen-bond acceptors (Lipinski definition) is 4. The van der Waals surface area contributed by atoms with Crippen LogP contribution in [0.2, 0.25) is 0 Å². The Morgan fingerprint density at radius 1 is 0.941 bits per heavy atom. The second kappa shape index (κ2) is 8.55. The maximum Gasteiger partial charge on any atom is 0.327 e. The van der Waals surface area contributed by atoms with Gasteiger partial charge in [0.15, 0.2) is 0 Å². The lowest BCUT2D eigenvalue weighted by atomic mass is 9.94. The minimum Gasteiger partial charge on any atom is -0.334 e. The number of rotatable bonds is 4. The van der Waals surface area contributed by atoms with E-state index in [2.05, 4.69) is 15.5 Å². The molecule has 1 N–H and O–H groups in total. The molecule has 1 atom stereocenters. The molecule has 1 unspecified atom stereocenters. The first-order valence-electron chi connectivity index (χ1n) is 10.6. The van der Waals surface area contributed by atoms with E-state index in [1.165, 1.54) is 35.2 Å². The van der Waals surface area contributed by atoms with Gasteiger partial charge in [-0.05, 0) is 49.7 Å². The second-order valence-electron chi connectivity index (χ2n) is 8.04. The van der Waals surface area contributed by atoms with Crippen LogP contribution < -0.4 is 10.2 Å². The summed E-state index contributed by atoms with van der Waals surface area (Å²) < 4.78 is 33.6. The molecular formula is C26H20F2N4O2. The van der Waals surface area contributed by atoms with E-state index in [4.69, 9.17) is 4.52 Å². The quantitative estimate of drug-likeness (QED) is 0.406. The Kier molecular flexibility index (Phi) is 5.41. The van der Waals surface area contributed by atoms with Gasteiger partial charge in [-0.25, -0.2) is 13.6 Å². The molecule has 2 heterocycles. The van der Waals surface area contributed by atoms with Gasteiger partial charge in [-0.1, -0.05) is 53.2 Å². The minimum absolute atomic E-state index is 0.170. The summed E-state index contributed by atoms with van der Waals surface area (Å²) in [4.78, 5) is 19.0. The number of nitrogens with zero attached hydrogens (tertiary/aromatic N) is 3. The molecule has 0 saturated carbocycles. The third-order valence-electron chi connectivity index (χ3n) is 5.70. The molecule has 1 aliphatic heterocycles. The Balaban J connectivity index is 1.66. The van der Waals surface area contributed by atoms with Crippen molar-refractivity contribution in [2.24, 2.45) is 0 Å². The van der Waals surface area contributed by atoms with Crippen molar-refractivity contribution in [3.8, 4) is 11.4 Å². The molecule has 0 radical (unpaired) electrons. The summed E-state index contributed by atoms with van der Waals surface area (Å²) in [6.07, 6.45) is 0. The molecule has 34 heavy (non-hydrogen) atoms. The topological polar surface area (TPSA) is 71.3 Å². The third kappa shape index (κ3) is 3.94. The normalized spacial score (nSPS) is 16.1. The fourth-order valence-corrected chi connectivity index (χ4v) is 4.04. The molecule has 5 rings (SSSR count). The van der Waals surface area contributed by atoms with Crippen molar-refractivity contribution in [1.82, 2.24) is 15.5 Å². The number of halogens is 2. The lowest BCUT2D eigenvalue weighted by Crippen LogP contribution is -2.46. The number of allylic oxidation sites excluding steroid dienone is 1. The van der Waals surface area contributed by atoms with Crippen LogP contribution >= 0.6 is 0 Å². The zero-order valence-electron chi connectivity index (χ0n) is 18.4. The van der Waals surface area contributed by atoms with Crippen LogP contribution in [0.5, 0.6) is 0 Å². The van der Waals surface area contributed by atoms with Gasteiger partial charge < -0.3 is 9.84 Å². The summed E-state index contributed by atoms with van der Waals surface area (Å²) in [6.45, 7) is 3.69. The van der Waals surface area contributed by atoms with Crippen molar-refractivity contribution in [2.75, 3.05) is 4.90 Å². The monoisotopic (exact) mass is 458 g/mol. The largest absolute Gasteiger partial charge is 0.334 e. The molecule has 4 aromatic rings. The SMILES string of the molecule is CC1=C(c2nc(-c3ccc(C)cc3)no2)C(c2cccc(F)c2)NC(=O)N1c1cccc(F)c1. The summed E-state index contributed by atoms with van der Waals surface area (Å²) in [5, 5.41) is 6.99. The molecule has 6 nitrogen and oxygen atoms in total. The van der Waals surface area contributed by atoms with E-state index in [0.717, 1.165) is 11.1 Å². The van der Waals surface area contributed by atoms with Crippen LogP contribution in [0.15, 0.2) is 83.0 Å². The molecular weight excluding hydrogens is 438 g/mol. The van der Waals surface area contributed by atoms with Gasteiger partial charge in [-0.3, -0.25) is 4.90 Å². The predicted molar refractivity (Wildman–Crippen MR) is 124 cm³/mol. The van der Waals surface area contributed by atoms with E-state index in [1.54, 1.807) is 25.1 Å². The van der Waals surface area contributed by atoms with Crippen LogP contribution in [-0.2, 0) is 0 Å². The molecule has 0 fully saturated rings. The van der Waals surface area contributed by atoms with Crippen molar-refractivity contribution in [2.45, 2.75) is 19.9 Å². The van der Waals surface area contributed by atoms with Crippen molar-refractivity contribution < 1.29 is 18.1 Å². The third-order valence-corrected chi connectivity index (χ3v) is 5.70. The first-order chi connectivity index (χ1) is 16.4. The lowest BCUT2D eigenvalue weighted by molar-refractivity contribution is 0.244. The average Bonchev–Trinajstić information content (AvgIpc) is 3.29. The van der Waals surface area contributed by atoms with E-state index in [0.29, 0.717) is 28.3 Å². The molecule has 3 aromatic carbocycles. The van der Waals surface area contributed by atoms with Crippen LogP contribution in [0.1, 0.15) is 30.0 Å². The molecule has 170 valence electrons. The number of anilines is 1. The van der Waals surface area contributed by atoms with Gasteiger partial charge >= 0.3 is 6.03 Å². The van der Waals surface area contributed by atoms with Gasteiger partial charge in [0.25, 0.3) is 5.89 Å². The minimum atomic E-state index is -0.751. The summed E-state index contributed by atoms with van der Waals surface area (Å²) in [5.74, 6) is -0.375. The van der Waals surface area contributed by atoms with Gasteiger partial charge in [0.1, 0.15) is 11.6 Å². The zero-order chi connectivity index (χ0) is 23.8.